The number of nitrogens with zero attached hydrogens (tertiary/aromatic N) is 2. The van der Waals surface area contributed by atoms with Gasteiger partial charge in [-0.25, -0.2) is 13.8 Å². The third-order valence-electron chi connectivity index (χ3n) is 1.89. The predicted octanol–water partition coefficient (Wildman–Crippen LogP) is 3.65. The molecule has 92 valence electrons. The fourth-order valence-corrected chi connectivity index (χ4v) is 1.36. The monoisotopic (exact) mass is 270 g/mol. The molecule has 0 N–H and O–H groups in total. The molecule has 0 atom stereocenters. The van der Waals surface area contributed by atoms with Gasteiger partial charge in [0.05, 0.1) is 22.7 Å². The molecule has 8 heteroatoms. The Kier molecular flexibility index (Phi) is 3.88. The summed E-state index contributed by atoms with van der Waals surface area (Å²) in [5.41, 5.74) is -3.78. The number of rotatable bonds is 2. The minimum atomic E-state index is -4.99. The Labute approximate surface area is 97.6 Å². The third-order valence-corrected chi connectivity index (χ3v) is 2.14. The lowest BCUT2D eigenvalue weighted by Gasteiger charge is -2.13. The first-order valence-corrected chi connectivity index (χ1v) is 4.70. The number of pyridine rings is 1. The number of halogens is 6. The van der Waals surface area contributed by atoms with E-state index in [0.29, 0.717) is 6.07 Å². The molecule has 0 saturated carbocycles. The summed E-state index contributed by atoms with van der Waals surface area (Å²) in [5.74, 6) is -0.416. The topological polar surface area (TPSA) is 36.7 Å². The molecule has 0 aliphatic carbocycles. The lowest BCUT2D eigenvalue weighted by Crippen LogP contribution is -2.13. The summed E-state index contributed by atoms with van der Waals surface area (Å²) >= 11 is 5.31. The van der Waals surface area contributed by atoms with Crippen LogP contribution in [0, 0.1) is 11.3 Å². The molecule has 0 amide bonds. The number of aromatic nitrogens is 1. The van der Waals surface area contributed by atoms with Crippen LogP contribution in [0.5, 0.6) is 0 Å². The van der Waals surface area contributed by atoms with Gasteiger partial charge < -0.3 is 0 Å². The molecule has 0 aromatic carbocycles. The van der Waals surface area contributed by atoms with E-state index in [1.807, 2.05) is 0 Å². The second kappa shape index (κ2) is 4.84. The zero-order valence-electron chi connectivity index (χ0n) is 8.02. The van der Waals surface area contributed by atoms with Gasteiger partial charge in [-0.05, 0) is 6.07 Å². The van der Waals surface area contributed by atoms with Crippen molar-refractivity contribution in [2.24, 2.45) is 0 Å². The van der Waals surface area contributed by atoms with Gasteiger partial charge in [0.1, 0.15) is 11.8 Å². The van der Waals surface area contributed by atoms with Crippen LogP contribution in [0.4, 0.5) is 22.0 Å². The van der Waals surface area contributed by atoms with E-state index in [4.69, 9.17) is 16.9 Å². The van der Waals surface area contributed by atoms with Crippen molar-refractivity contribution < 1.29 is 22.0 Å². The normalized spacial score (nSPS) is 11.6. The first-order valence-electron chi connectivity index (χ1n) is 4.16. The molecule has 0 spiro atoms. The summed E-state index contributed by atoms with van der Waals surface area (Å²) in [6.45, 7) is 0. The highest BCUT2D eigenvalue weighted by Gasteiger charge is 2.37. The zero-order chi connectivity index (χ0) is 13.2. The maximum atomic E-state index is 12.4. The number of alkyl halides is 6. The lowest BCUT2D eigenvalue weighted by atomic mass is 10.1. The summed E-state index contributed by atoms with van der Waals surface area (Å²) in [6.07, 6.45) is -8.38. The quantitative estimate of drug-likeness (QED) is 0.607. The standard InChI is InChI=1S/C9H4ClF5N2/c10-2-6-4(3-16)1-5(9(13,14)15)7(17-6)8(11)12/h1,8H,2H2. The van der Waals surface area contributed by atoms with Crippen LogP contribution in [0.1, 0.15) is 28.9 Å². The van der Waals surface area contributed by atoms with Gasteiger partial charge >= 0.3 is 6.18 Å². The molecular formula is C9H4ClF5N2. The van der Waals surface area contributed by atoms with Gasteiger partial charge in [0.25, 0.3) is 6.43 Å². The van der Waals surface area contributed by atoms with Crippen LogP contribution in [0.2, 0.25) is 0 Å². The smallest absolute Gasteiger partial charge is 0.249 e. The Morgan fingerprint density at radius 1 is 1.41 bits per heavy atom. The van der Waals surface area contributed by atoms with Crippen LogP contribution < -0.4 is 0 Å². The van der Waals surface area contributed by atoms with E-state index in [1.54, 1.807) is 0 Å². The predicted molar refractivity (Wildman–Crippen MR) is 48.5 cm³/mol. The Bertz CT molecular complexity index is 464. The highest BCUT2D eigenvalue weighted by molar-refractivity contribution is 6.17. The van der Waals surface area contributed by atoms with Crippen LogP contribution in [0.15, 0.2) is 6.07 Å². The molecule has 1 aromatic heterocycles. The van der Waals surface area contributed by atoms with E-state index in [0.717, 1.165) is 0 Å². The molecule has 1 rings (SSSR count). The average Bonchev–Trinajstić information content (AvgIpc) is 2.25. The minimum absolute atomic E-state index is 0.294. The molecule has 0 unspecified atom stereocenters. The van der Waals surface area contributed by atoms with Gasteiger partial charge in [-0.15, -0.1) is 11.6 Å². The highest BCUT2D eigenvalue weighted by Crippen LogP contribution is 2.36. The largest absolute Gasteiger partial charge is 0.418 e. The summed E-state index contributed by atoms with van der Waals surface area (Å²) in [5, 5.41) is 8.57. The van der Waals surface area contributed by atoms with Gasteiger partial charge in [0.15, 0.2) is 0 Å². The van der Waals surface area contributed by atoms with Gasteiger partial charge in [-0.1, -0.05) is 0 Å². The van der Waals surface area contributed by atoms with Crippen LogP contribution in [0.25, 0.3) is 0 Å². The third kappa shape index (κ3) is 2.82. The summed E-state index contributed by atoms with van der Waals surface area (Å²) in [6, 6.07) is 1.77. The molecule has 17 heavy (non-hydrogen) atoms. The Morgan fingerprint density at radius 3 is 2.35 bits per heavy atom. The molecule has 1 aromatic rings. The Balaban J connectivity index is 3.53. The van der Waals surface area contributed by atoms with Crippen molar-refractivity contribution in [2.45, 2.75) is 18.5 Å². The highest BCUT2D eigenvalue weighted by atomic mass is 35.5. The maximum Gasteiger partial charge on any atom is 0.418 e. The van der Waals surface area contributed by atoms with E-state index in [1.165, 1.54) is 6.07 Å². The van der Waals surface area contributed by atoms with E-state index in [9.17, 15) is 22.0 Å². The second-order valence-electron chi connectivity index (χ2n) is 2.96. The Morgan fingerprint density at radius 2 is 2.00 bits per heavy atom. The molecule has 0 aliphatic heterocycles. The van der Waals surface area contributed by atoms with Gasteiger partial charge in [0.2, 0.25) is 0 Å². The number of hydrogen-bond donors (Lipinski definition) is 0. The van der Waals surface area contributed by atoms with Crippen LogP contribution in [-0.4, -0.2) is 4.98 Å². The van der Waals surface area contributed by atoms with E-state index in [2.05, 4.69) is 4.98 Å². The van der Waals surface area contributed by atoms with Crippen molar-refractivity contribution in [1.29, 1.82) is 5.26 Å². The summed E-state index contributed by atoms with van der Waals surface area (Å²) in [7, 11) is 0. The van der Waals surface area contributed by atoms with Crippen LogP contribution in [-0.2, 0) is 12.1 Å². The molecule has 0 radical (unpaired) electrons. The average molecular weight is 271 g/mol. The molecule has 0 aliphatic rings. The van der Waals surface area contributed by atoms with Crippen LogP contribution in [0.3, 0.4) is 0 Å². The zero-order valence-corrected chi connectivity index (χ0v) is 8.78. The second-order valence-corrected chi connectivity index (χ2v) is 3.23. The minimum Gasteiger partial charge on any atom is -0.249 e. The van der Waals surface area contributed by atoms with Crippen molar-refractivity contribution in [3.05, 3.63) is 28.6 Å². The first-order chi connectivity index (χ1) is 7.81. The summed E-state index contributed by atoms with van der Waals surface area (Å²) in [4.78, 5) is 3.10. The van der Waals surface area contributed by atoms with Gasteiger partial charge in [0, 0.05) is 0 Å². The number of hydrogen-bond acceptors (Lipinski definition) is 2. The summed E-state index contributed by atoms with van der Waals surface area (Å²) < 4.78 is 62.2. The van der Waals surface area contributed by atoms with Gasteiger partial charge in [-0.3, -0.25) is 0 Å². The van der Waals surface area contributed by atoms with E-state index >= 15 is 0 Å². The fourth-order valence-electron chi connectivity index (χ4n) is 1.16. The van der Waals surface area contributed by atoms with E-state index in [-0.39, 0.29) is 5.69 Å². The lowest BCUT2D eigenvalue weighted by molar-refractivity contribution is -0.140. The molecule has 0 bridgehead atoms. The molecule has 2 nitrogen and oxygen atoms in total. The van der Waals surface area contributed by atoms with Crippen molar-refractivity contribution in [2.75, 3.05) is 0 Å². The Hall–Kier alpha value is -1.42. The van der Waals surface area contributed by atoms with Crippen molar-refractivity contribution in [3.63, 3.8) is 0 Å². The molecule has 1 heterocycles. The first kappa shape index (κ1) is 13.6. The van der Waals surface area contributed by atoms with Gasteiger partial charge in [-0.2, -0.15) is 18.4 Å². The van der Waals surface area contributed by atoms with Crippen LogP contribution >= 0.6 is 11.6 Å². The van der Waals surface area contributed by atoms with E-state index < -0.39 is 35.3 Å². The molecule has 0 saturated heterocycles. The molecular weight excluding hydrogens is 267 g/mol. The van der Waals surface area contributed by atoms with Crippen molar-refractivity contribution in [3.8, 4) is 6.07 Å². The SMILES string of the molecule is N#Cc1cc(C(F)(F)F)c(C(F)F)nc1CCl. The maximum absolute atomic E-state index is 12.4. The fraction of sp³-hybridized carbons (Fsp3) is 0.333. The number of nitriles is 1. The van der Waals surface area contributed by atoms with Crippen molar-refractivity contribution >= 4 is 11.6 Å². The van der Waals surface area contributed by atoms with Crippen molar-refractivity contribution in [1.82, 2.24) is 4.98 Å². The molecule has 0 fully saturated rings.